The van der Waals surface area contributed by atoms with Crippen molar-refractivity contribution < 1.29 is 0 Å². The molecule has 0 aliphatic heterocycles. The average molecular weight is 343 g/mol. The van der Waals surface area contributed by atoms with E-state index < -0.39 is 0 Å². The van der Waals surface area contributed by atoms with E-state index in [2.05, 4.69) is 72.6 Å². The van der Waals surface area contributed by atoms with Crippen molar-refractivity contribution in [2.75, 3.05) is 11.9 Å². The normalized spacial score (nSPS) is 10.6. The Morgan fingerprint density at radius 3 is 2.35 bits per heavy atom. The third-order valence-electron chi connectivity index (χ3n) is 4.91. The van der Waals surface area contributed by atoms with Crippen LogP contribution in [-0.4, -0.2) is 16.6 Å². The largest absolute Gasteiger partial charge is 0.343 e. The maximum atomic E-state index is 4.37. The molecule has 2 aromatic heterocycles. The van der Waals surface area contributed by atoms with Crippen molar-refractivity contribution in [3.05, 3.63) is 90.0 Å². The van der Waals surface area contributed by atoms with Crippen molar-refractivity contribution in [1.29, 1.82) is 0 Å². The molecule has 0 radical (unpaired) electrons. The molecule has 0 aliphatic carbocycles. The van der Waals surface area contributed by atoms with Crippen LogP contribution in [0, 0.1) is 20.8 Å². The van der Waals surface area contributed by atoms with Gasteiger partial charge in [-0.15, -0.1) is 0 Å². The molecule has 0 N–H and O–H groups in total. The number of nitrogens with zero attached hydrogens (tertiary/aromatic N) is 3. The molecule has 3 heteroatoms. The topological polar surface area (TPSA) is 21.1 Å². The van der Waals surface area contributed by atoms with E-state index in [0.717, 1.165) is 39.6 Å². The number of aryl methyl sites for hydroxylation is 1. The van der Waals surface area contributed by atoms with Gasteiger partial charge >= 0.3 is 0 Å². The Labute approximate surface area is 155 Å². The van der Waals surface area contributed by atoms with Gasteiger partial charge in [-0.25, -0.2) is 0 Å². The molecule has 0 fully saturated rings. The van der Waals surface area contributed by atoms with Crippen molar-refractivity contribution >= 4 is 17.5 Å². The molecular formula is C23H25N3. The van der Waals surface area contributed by atoms with E-state index in [-0.39, 0.29) is 0 Å². The summed E-state index contributed by atoms with van der Waals surface area (Å²) in [5, 5.41) is 0. The second-order valence-corrected chi connectivity index (χ2v) is 6.55. The van der Waals surface area contributed by atoms with Gasteiger partial charge in [0.25, 0.3) is 0 Å². The van der Waals surface area contributed by atoms with Gasteiger partial charge in [0.2, 0.25) is 0 Å². The standard InChI is InChI=1S/C23H25N3/c1-7-22-17(3)26(20-12-10-16(2)11-13-20)19(5)23(22)18(4)25(6)21-9-8-14-24-15-21/h7-15H,1,4H2,2-3,5-6H3. The van der Waals surface area contributed by atoms with Crippen LogP contribution in [-0.2, 0) is 0 Å². The minimum Gasteiger partial charge on any atom is -0.343 e. The highest BCUT2D eigenvalue weighted by Crippen LogP contribution is 2.34. The fourth-order valence-corrected chi connectivity index (χ4v) is 3.43. The van der Waals surface area contributed by atoms with Crippen LogP contribution in [0.1, 0.15) is 28.1 Å². The van der Waals surface area contributed by atoms with E-state index in [1.165, 1.54) is 5.56 Å². The second-order valence-electron chi connectivity index (χ2n) is 6.55. The van der Waals surface area contributed by atoms with Crippen LogP contribution >= 0.6 is 0 Å². The summed E-state index contributed by atoms with van der Waals surface area (Å²) in [4.78, 5) is 6.29. The van der Waals surface area contributed by atoms with Crippen molar-refractivity contribution in [1.82, 2.24) is 9.55 Å². The molecule has 1 aromatic carbocycles. The minimum absolute atomic E-state index is 0.930. The predicted molar refractivity (Wildman–Crippen MR) is 112 cm³/mol. The van der Waals surface area contributed by atoms with Gasteiger partial charge < -0.3 is 9.47 Å². The summed E-state index contributed by atoms with van der Waals surface area (Å²) >= 11 is 0. The molecule has 0 aliphatic rings. The molecule has 0 saturated heterocycles. The lowest BCUT2D eigenvalue weighted by Crippen LogP contribution is -2.15. The van der Waals surface area contributed by atoms with Gasteiger partial charge in [-0.05, 0) is 45.0 Å². The number of aromatic nitrogens is 2. The number of benzene rings is 1. The van der Waals surface area contributed by atoms with Crippen molar-refractivity contribution in [2.24, 2.45) is 0 Å². The zero-order valence-electron chi connectivity index (χ0n) is 16.0. The van der Waals surface area contributed by atoms with Gasteiger partial charge in [0.15, 0.2) is 0 Å². The smallest absolute Gasteiger partial charge is 0.0594 e. The van der Waals surface area contributed by atoms with Crippen LogP contribution in [0.4, 0.5) is 5.69 Å². The second kappa shape index (κ2) is 7.04. The average Bonchev–Trinajstić information content (AvgIpc) is 2.91. The van der Waals surface area contributed by atoms with Gasteiger partial charge in [-0.2, -0.15) is 0 Å². The maximum absolute atomic E-state index is 4.37. The third kappa shape index (κ3) is 2.97. The molecule has 0 unspecified atom stereocenters. The number of hydrogen-bond acceptors (Lipinski definition) is 2. The van der Waals surface area contributed by atoms with E-state index in [4.69, 9.17) is 0 Å². The highest BCUT2D eigenvalue weighted by atomic mass is 15.1. The van der Waals surface area contributed by atoms with Crippen LogP contribution in [0.5, 0.6) is 0 Å². The van der Waals surface area contributed by atoms with Crippen molar-refractivity contribution in [2.45, 2.75) is 20.8 Å². The number of hydrogen-bond donors (Lipinski definition) is 0. The Hall–Kier alpha value is -3.07. The lowest BCUT2D eigenvalue weighted by molar-refractivity contribution is 0.960. The number of anilines is 1. The molecular weight excluding hydrogens is 318 g/mol. The first-order chi connectivity index (χ1) is 12.5. The number of pyridine rings is 1. The summed E-state index contributed by atoms with van der Waals surface area (Å²) in [6.45, 7) is 14.8. The molecule has 0 saturated carbocycles. The van der Waals surface area contributed by atoms with Crippen LogP contribution in [0.15, 0.2) is 61.9 Å². The van der Waals surface area contributed by atoms with Crippen LogP contribution < -0.4 is 4.90 Å². The first kappa shape index (κ1) is 17.7. The lowest BCUT2D eigenvalue weighted by atomic mass is 10.1. The Bertz CT molecular complexity index is 947. The van der Waals surface area contributed by atoms with Gasteiger partial charge in [0.05, 0.1) is 11.9 Å². The Balaban J connectivity index is 2.13. The predicted octanol–water partition coefficient (Wildman–Crippen LogP) is 5.55. The van der Waals surface area contributed by atoms with E-state index in [1.54, 1.807) is 6.20 Å². The molecule has 0 atom stereocenters. The Kier molecular flexibility index (Phi) is 4.81. The molecule has 0 spiro atoms. The van der Waals surface area contributed by atoms with Crippen LogP contribution in [0.3, 0.4) is 0 Å². The molecule has 26 heavy (non-hydrogen) atoms. The zero-order valence-corrected chi connectivity index (χ0v) is 16.0. The third-order valence-corrected chi connectivity index (χ3v) is 4.91. The van der Waals surface area contributed by atoms with Gasteiger partial charge in [-0.3, -0.25) is 4.98 Å². The fraction of sp³-hybridized carbons (Fsp3) is 0.174. The Morgan fingerprint density at radius 1 is 1.08 bits per heavy atom. The van der Waals surface area contributed by atoms with E-state index in [0.29, 0.717) is 0 Å². The highest BCUT2D eigenvalue weighted by Gasteiger charge is 2.21. The quantitative estimate of drug-likeness (QED) is 0.606. The molecule has 3 aromatic rings. The van der Waals surface area contributed by atoms with Gasteiger partial charge in [0, 0.05) is 47.1 Å². The summed E-state index contributed by atoms with van der Waals surface area (Å²) < 4.78 is 2.27. The summed E-state index contributed by atoms with van der Waals surface area (Å²) in [6, 6.07) is 12.5. The van der Waals surface area contributed by atoms with E-state index in [9.17, 15) is 0 Å². The maximum Gasteiger partial charge on any atom is 0.0594 e. The molecule has 3 nitrogen and oxygen atoms in total. The number of rotatable bonds is 5. The summed E-state index contributed by atoms with van der Waals surface area (Å²) in [5.74, 6) is 0. The summed E-state index contributed by atoms with van der Waals surface area (Å²) in [7, 11) is 2.02. The highest BCUT2D eigenvalue weighted by molar-refractivity contribution is 5.84. The van der Waals surface area contributed by atoms with Crippen molar-refractivity contribution in [3.63, 3.8) is 0 Å². The fourth-order valence-electron chi connectivity index (χ4n) is 3.43. The SMILES string of the molecule is C=Cc1c(C(=C)N(C)c2cccnc2)c(C)n(-c2ccc(C)cc2)c1C. The van der Waals surface area contributed by atoms with Crippen LogP contribution in [0.25, 0.3) is 17.5 Å². The lowest BCUT2D eigenvalue weighted by Gasteiger charge is -2.22. The first-order valence-electron chi connectivity index (χ1n) is 8.70. The van der Waals surface area contributed by atoms with Crippen LogP contribution in [0.2, 0.25) is 0 Å². The molecule has 132 valence electrons. The molecule has 2 heterocycles. The molecule has 0 bridgehead atoms. The summed E-state index contributed by atoms with van der Waals surface area (Å²) in [5.41, 5.74) is 8.89. The zero-order chi connectivity index (χ0) is 18.8. The van der Waals surface area contributed by atoms with Crippen molar-refractivity contribution in [3.8, 4) is 5.69 Å². The van der Waals surface area contributed by atoms with E-state index in [1.807, 2.05) is 31.5 Å². The monoisotopic (exact) mass is 343 g/mol. The molecule has 3 rings (SSSR count). The Morgan fingerprint density at radius 2 is 1.77 bits per heavy atom. The minimum atomic E-state index is 0.930. The molecule has 0 amide bonds. The van der Waals surface area contributed by atoms with Gasteiger partial charge in [0.1, 0.15) is 0 Å². The van der Waals surface area contributed by atoms with Gasteiger partial charge in [-0.1, -0.05) is 36.9 Å². The first-order valence-corrected chi connectivity index (χ1v) is 8.70. The van der Waals surface area contributed by atoms with E-state index >= 15 is 0 Å². The summed E-state index contributed by atoms with van der Waals surface area (Å²) in [6.07, 6.45) is 5.54.